The van der Waals surface area contributed by atoms with Crippen LogP contribution in [0.15, 0.2) is 40.9 Å². The summed E-state index contributed by atoms with van der Waals surface area (Å²) >= 11 is 3.53. The van der Waals surface area contributed by atoms with Crippen molar-refractivity contribution >= 4 is 15.9 Å². The Bertz CT molecular complexity index is 731. The van der Waals surface area contributed by atoms with Crippen LogP contribution in [0.2, 0.25) is 0 Å². The van der Waals surface area contributed by atoms with Crippen LogP contribution in [0.25, 0.3) is 0 Å². The number of nitrogens with one attached hydrogen (secondary N) is 1. The summed E-state index contributed by atoms with van der Waals surface area (Å²) in [6, 6.07) is 12.5. The third-order valence-corrected chi connectivity index (χ3v) is 5.26. The first-order valence-electron chi connectivity index (χ1n) is 8.68. The molecule has 0 amide bonds. The van der Waals surface area contributed by atoms with Gasteiger partial charge in [-0.05, 0) is 23.8 Å². The number of benzene rings is 2. The minimum Gasteiger partial charge on any atom is -0.496 e. The van der Waals surface area contributed by atoms with Crippen LogP contribution in [0, 0.1) is 0 Å². The summed E-state index contributed by atoms with van der Waals surface area (Å²) in [7, 11) is 4.99. The number of methoxy groups -OCH3 is 3. The number of hydrogen-bond donors (Lipinski definition) is 1. The van der Waals surface area contributed by atoms with Gasteiger partial charge < -0.3 is 19.5 Å². The maximum absolute atomic E-state index is 5.72. The van der Waals surface area contributed by atoms with Crippen LogP contribution in [0.4, 0.5) is 0 Å². The molecule has 3 rings (SSSR count). The van der Waals surface area contributed by atoms with Crippen molar-refractivity contribution in [3.05, 3.63) is 52.0 Å². The topological polar surface area (TPSA) is 43.0 Å². The highest BCUT2D eigenvalue weighted by atomic mass is 79.9. The number of hydrogen-bond acceptors (Lipinski definition) is 5. The molecule has 0 bridgehead atoms. The monoisotopic (exact) mass is 420 g/mol. The third-order valence-electron chi connectivity index (χ3n) is 4.73. The first-order chi connectivity index (χ1) is 12.7. The van der Waals surface area contributed by atoms with Crippen molar-refractivity contribution in [1.29, 1.82) is 0 Å². The van der Waals surface area contributed by atoms with Crippen LogP contribution >= 0.6 is 15.9 Å². The van der Waals surface area contributed by atoms with E-state index in [4.69, 9.17) is 14.2 Å². The number of halogens is 1. The number of rotatable bonds is 6. The van der Waals surface area contributed by atoms with E-state index in [1.54, 1.807) is 21.3 Å². The molecule has 2 aromatic rings. The van der Waals surface area contributed by atoms with Crippen LogP contribution in [-0.2, 0) is 0 Å². The van der Waals surface area contributed by atoms with E-state index in [1.165, 1.54) is 5.56 Å². The quantitative estimate of drug-likeness (QED) is 0.774. The Morgan fingerprint density at radius 2 is 1.46 bits per heavy atom. The average Bonchev–Trinajstić information content (AvgIpc) is 2.70. The van der Waals surface area contributed by atoms with Crippen LogP contribution in [-0.4, -0.2) is 52.4 Å². The van der Waals surface area contributed by atoms with Crippen LogP contribution in [0.1, 0.15) is 17.2 Å². The minimum absolute atomic E-state index is 0.0833. The van der Waals surface area contributed by atoms with Gasteiger partial charge in [-0.2, -0.15) is 0 Å². The van der Waals surface area contributed by atoms with Gasteiger partial charge in [-0.3, -0.25) is 4.90 Å². The van der Waals surface area contributed by atoms with Crippen LogP contribution in [0.5, 0.6) is 17.2 Å². The lowest BCUT2D eigenvalue weighted by atomic mass is 9.95. The van der Waals surface area contributed by atoms with Gasteiger partial charge in [-0.1, -0.05) is 28.1 Å². The predicted molar refractivity (Wildman–Crippen MR) is 107 cm³/mol. The van der Waals surface area contributed by atoms with Crippen molar-refractivity contribution in [3.63, 3.8) is 0 Å². The fraction of sp³-hybridized carbons (Fsp3) is 0.400. The Labute approximate surface area is 163 Å². The molecule has 1 atom stereocenters. The molecule has 0 radical (unpaired) electrons. The van der Waals surface area contributed by atoms with E-state index in [1.807, 2.05) is 12.1 Å². The summed E-state index contributed by atoms with van der Waals surface area (Å²) in [6.45, 7) is 3.89. The van der Waals surface area contributed by atoms with E-state index in [0.29, 0.717) is 11.5 Å². The zero-order valence-electron chi connectivity index (χ0n) is 15.4. The van der Waals surface area contributed by atoms with Gasteiger partial charge >= 0.3 is 0 Å². The van der Waals surface area contributed by atoms with Gasteiger partial charge in [-0.25, -0.2) is 0 Å². The highest BCUT2D eigenvalue weighted by Gasteiger charge is 2.28. The standard InChI is InChI=1S/C20H25BrN2O3/c1-24-17-13-19(26-3)18(25-2)12-16(17)20(23-10-8-22-9-11-23)14-4-6-15(21)7-5-14/h4-7,12-13,20,22H,8-11H2,1-3H3. The molecule has 0 aromatic heterocycles. The second-order valence-corrected chi connectivity index (χ2v) is 7.10. The fourth-order valence-corrected chi connectivity index (χ4v) is 3.70. The number of nitrogens with zero attached hydrogens (tertiary/aromatic N) is 1. The zero-order chi connectivity index (χ0) is 18.5. The second-order valence-electron chi connectivity index (χ2n) is 6.19. The van der Waals surface area contributed by atoms with Gasteiger partial charge in [-0.15, -0.1) is 0 Å². The predicted octanol–water partition coefficient (Wildman–Crippen LogP) is 3.47. The van der Waals surface area contributed by atoms with Crippen molar-refractivity contribution in [2.24, 2.45) is 0 Å². The van der Waals surface area contributed by atoms with Gasteiger partial charge in [0, 0.05) is 42.3 Å². The molecule has 1 heterocycles. The van der Waals surface area contributed by atoms with E-state index < -0.39 is 0 Å². The third kappa shape index (κ3) is 3.98. The van der Waals surface area contributed by atoms with Gasteiger partial charge in [0.25, 0.3) is 0 Å². The average molecular weight is 421 g/mol. The summed E-state index contributed by atoms with van der Waals surface area (Å²) in [5.74, 6) is 2.18. The lowest BCUT2D eigenvalue weighted by Gasteiger charge is -2.36. The van der Waals surface area contributed by atoms with E-state index in [0.717, 1.165) is 42.0 Å². The number of ether oxygens (including phenoxy) is 3. The van der Waals surface area contributed by atoms with Crippen molar-refractivity contribution in [2.45, 2.75) is 6.04 Å². The first kappa shape index (κ1) is 19.0. The molecule has 140 valence electrons. The van der Waals surface area contributed by atoms with Crippen LogP contribution < -0.4 is 19.5 Å². The summed E-state index contributed by atoms with van der Waals surface area (Å²) in [5, 5.41) is 3.43. The molecule has 1 aliphatic heterocycles. The Balaban J connectivity index is 2.12. The van der Waals surface area contributed by atoms with Crippen molar-refractivity contribution < 1.29 is 14.2 Å². The van der Waals surface area contributed by atoms with Gasteiger partial charge in [0.15, 0.2) is 11.5 Å². The molecule has 5 nitrogen and oxygen atoms in total. The van der Waals surface area contributed by atoms with Crippen molar-refractivity contribution in [1.82, 2.24) is 10.2 Å². The summed E-state index contributed by atoms with van der Waals surface area (Å²) < 4.78 is 17.8. The van der Waals surface area contributed by atoms with Gasteiger partial charge in [0.05, 0.1) is 27.4 Å². The molecule has 2 aromatic carbocycles. The largest absolute Gasteiger partial charge is 0.496 e. The highest BCUT2D eigenvalue weighted by molar-refractivity contribution is 9.10. The zero-order valence-corrected chi connectivity index (χ0v) is 17.0. The van der Waals surface area contributed by atoms with Crippen molar-refractivity contribution in [3.8, 4) is 17.2 Å². The van der Waals surface area contributed by atoms with Crippen molar-refractivity contribution in [2.75, 3.05) is 47.5 Å². The molecule has 6 heteroatoms. The van der Waals surface area contributed by atoms with Crippen LogP contribution in [0.3, 0.4) is 0 Å². The summed E-state index contributed by atoms with van der Waals surface area (Å²) in [5.41, 5.74) is 2.30. The molecular weight excluding hydrogens is 396 g/mol. The van der Waals surface area contributed by atoms with Gasteiger partial charge in [0.1, 0.15) is 5.75 Å². The summed E-state index contributed by atoms with van der Waals surface area (Å²) in [6.07, 6.45) is 0. The highest BCUT2D eigenvalue weighted by Crippen LogP contribution is 2.41. The molecule has 26 heavy (non-hydrogen) atoms. The van der Waals surface area contributed by atoms with E-state index >= 15 is 0 Å². The lowest BCUT2D eigenvalue weighted by molar-refractivity contribution is 0.195. The van der Waals surface area contributed by atoms with E-state index in [-0.39, 0.29) is 6.04 Å². The van der Waals surface area contributed by atoms with E-state index in [2.05, 4.69) is 50.4 Å². The smallest absolute Gasteiger partial charge is 0.164 e. The molecule has 1 aliphatic rings. The Morgan fingerprint density at radius 1 is 0.885 bits per heavy atom. The Morgan fingerprint density at radius 3 is 2.04 bits per heavy atom. The van der Waals surface area contributed by atoms with Gasteiger partial charge in [0.2, 0.25) is 0 Å². The number of piperazine rings is 1. The second kappa shape index (κ2) is 8.75. The molecule has 1 fully saturated rings. The molecule has 1 unspecified atom stereocenters. The minimum atomic E-state index is 0.0833. The fourth-order valence-electron chi connectivity index (χ4n) is 3.44. The Hall–Kier alpha value is -1.76. The maximum atomic E-state index is 5.72. The normalized spacial score (nSPS) is 16.2. The summed E-state index contributed by atoms with van der Waals surface area (Å²) in [4.78, 5) is 2.48. The van der Waals surface area contributed by atoms with E-state index in [9.17, 15) is 0 Å². The first-order valence-corrected chi connectivity index (χ1v) is 9.47. The molecule has 0 spiro atoms. The maximum Gasteiger partial charge on any atom is 0.164 e. The molecule has 1 saturated heterocycles. The Kier molecular flexibility index (Phi) is 6.40. The molecule has 1 N–H and O–H groups in total. The molecular formula is C20H25BrN2O3. The molecule has 0 saturated carbocycles. The lowest BCUT2D eigenvalue weighted by Crippen LogP contribution is -2.45. The SMILES string of the molecule is COc1cc(OC)c(C(c2ccc(Br)cc2)N2CCNCC2)cc1OC. The molecule has 0 aliphatic carbocycles.